The maximum atomic E-state index is 9.95. The fourth-order valence-electron chi connectivity index (χ4n) is 1.89. The molecule has 0 amide bonds. The third-order valence-electron chi connectivity index (χ3n) is 3.03. The topological polar surface area (TPSA) is 137 Å². The molecule has 0 saturated carbocycles. The van der Waals surface area contributed by atoms with Crippen LogP contribution in [0, 0.1) is 0 Å². The summed E-state index contributed by atoms with van der Waals surface area (Å²) in [5.74, 6) is 1.25. The van der Waals surface area contributed by atoms with Crippen LogP contribution >= 0.6 is 11.7 Å². The number of nitrogens with zero attached hydrogens (tertiary/aromatic N) is 3. The molecule has 1 aliphatic heterocycles. The summed E-state index contributed by atoms with van der Waals surface area (Å²) in [6, 6.07) is 0. The lowest BCUT2D eigenvalue weighted by Gasteiger charge is -2.27. The Labute approximate surface area is 150 Å². The van der Waals surface area contributed by atoms with E-state index in [1.807, 2.05) is 0 Å². The molecule has 11 heteroatoms. The second-order valence-corrected chi connectivity index (χ2v) is 6.90. The third kappa shape index (κ3) is 9.39. The van der Waals surface area contributed by atoms with Gasteiger partial charge in [0.15, 0.2) is 0 Å². The Morgan fingerprint density at radius 1 is 1.36 bits per heavy atom. The average Bonchev–Trinajstić information content (AvgIpc) is 2.99. The Morgan fingerprint density at radius 3 is 2.52 bits per heavy atom. The van der Waals surface area contributed by atoms with Crippen LogP contribution in [0.3, 0.4) is 0 Å². The zero-order valence-corrected chi connectivity index (χ0v) is 15.5. The molecule has 0 unspecified atom stereocenters. The lowest BCUT2D eigenvalue weighted by molar-refractivity contribution is 0.0975. The number of anilines is 1. The minimum Gasteiger partial charge on any atom is -0.472 e. The highest BCUT2D eigenvalue weighted by Crippen LogP contribution is 2.26. The summed E-state index contributed by atoms with van der Waals surface area (Å²) in [5.41, 5.74) is -0.0257. The SMILES string of the molecule is CC(C)(C)NC[C@H](O)COc1nsnc1N1CCOCC1.O=C(O)O. The van der Waals surface area contributed by atoms with Crippen molar-refractivity contribution in [3.8, 4) is 5.88 Å². The molecule has 4 N–H and O–H groups in total. The molecule has 0 radical (unpaired) electrons. The molecule has 2 rings (SSSR count). The largest absolute Gasteiger partial charge is 0.503 e. The van der Waals surface area contributed by atoms with Crippen LogP contribution in [-0.2, 0) is 4.74 Å². The van der Waals surface area contributed by atoms with E-state index in [1.165, 1.54) is 0 Å². The Balaban J connectivity index is 0.000000705. The molecule has 1 aromatic rings. The van der Waals surface area contributed by atoms with E-state index in [1.54, 1.807) is 0 Å². The first-order valence-electron chi connectivity index (χ1n) is 7.82. The molecule has 2 heterocycles. The van der Waals surface area contributed by atoms with Gasteiger partial charge in [0.25, 0.3) is 5.88 Å². The van der Waals surface area contributed by atoms with E-state index in [-0.39, 0.29) is 12.1 Å². The third-order valence-corrected chi connectivity index (χ3v) is 3.54. The molecular formula is C14H26N4O6S. The van der Waals surface area contributed by atoms with Gasteiger partial charge in [-0.15, -0.1) is 4.37 Å². The van der Waals surface area contributed by atoms with Crippen LogP contribution in [0.25, 0.3) is 0 Å². The minimum atomic E-state index is -1.83. The summed E-state index contributed by atoms with van der Waals surface area (Å²) < 4.78 is 19.4. The van der Waals surface area contributed by atoms with Crippen LogP contribution in [0.1, 0.15) is 20.8 Å². The molecule has 10 nitrogen and oxygen atoms in total. The number of carboxylic acid groups (broad SMARTS) is 2. The molecule has 0 bridgehead atoms. The summed E-state index contributed by atoms with van der Waals surface area (Å²) in [4.78, 5) is 10.7. The molecule has 1 fully saturated rings. The smallest absolute Gasteiger partial charge is 0.472 e. The Kier molecular flexibility index (Phi) is 8.83. The summed E-state index contributed by atoms with van der Waals surface area (Å²) in [7, 11) is 0. The van der Waals surface area contributed by atoms with Crippen molar-refractivity contribution >= 4 is 23.7 Å². The van der Waals surface area contributed by atoms with E-state index in [9.17, 15) is 5.11 Å². The van der Waals surface area contributed by atoms with Crippen LogP contribution in [0.15, 0.2) is 0 Å². The quantitative estimate of drug-likeness (QED) is 0.560. The summed E-state index contributed by atoms with van der Waals surface area (Å²) >= 11 is 1.12. The Morgan fingerprint density at radius 2 is 1.96 bits per heavy atom. The number of morpholine rings is 1. The predicted molar refractivity (Wildman–Crippen MR) is 92.9 cm³/mol. The molecule has 0 spiro atoms. The van der Waals surface area contributed by atoms with E-state index >= 15 is 0 Å². The number of β-amino-alcohol motifs (C(OH)–C–C–N with tert-alkyl or cyclic N) is 1. The fraction of sp³-hybridized carbons (Fsp3) is 0.786. The summed E-state index contributed by atoms with van der Waals surface area (Å²) in [6.07, 6.45) is -2.41. The molecule has 144 valence electrons. The Hall–Kier alpha value is -1.69. The lowest BCUT2D eigenvalue weighted by Crippen LogP contribution is -2.42. The molecular weight excluding hydrogens is 352 g/mol. The molecule has 25 heavy (non-hydrogen) atoms. The number of ether oxygens (including phenoxy) is 2. The van der Waals surface area contributed by atoms with Crippen molar-refractivity contribution in [3.63, 3.8) is 0 Å². The first-order valence-corrected chi connectivity index (χ1v) is 8.55. The zero-order chi connectivity index (χ0) is 18.9. The van der Waals surface area contributed by atoms with Crippen LogP contribution in [-0.4, -0.2) is 81.3 Å². The van der Waals surface area contributed by atoms with E-state index < -0.39 is 12.3 Å². The van der Waals surface area contributed by atoms with Gasteiger partial charge in [-0.05, 0) is 20.8 Å². The molecule has 1 atom stereocenters. The van der Waals surface area contributed by atoms with Gasteiger partial charge in [-0.25, -0.2) is 4.79 Å². The second kappa shape index (κ2) is 10.3. The fourth-order valence-corrected chi connectivity index (χ4v) is 2.41. The van der Waals surface area contributed by atoms with Crippen molar-refractivity contribution in [1.82, 2.24) is 14.1 Å². The van der Waals surface area contributed by atoms with Gasteiger partial charge < -0.3 is 35.0 Å². The highest BCUT2D eigenvalue weighted by atomic mass is 32.1. The number of aliphatic hydroxyl groups is 1. The second-order valence-electron chi connectivity index (χ2n) is 6.37. The molecule has 1 aromatic heterocycles. The number of nitrogens with one attached hydrogen (secondary N) is 1. The van der Waals surface area contributed by atoms with Crippen molar-refractivity contribution in [2.24, 2.45) is 0 Å². The lowest BCUT2D eigenvalue weighted by atomic mass is 10.1. The summed E-state index contributed by atoms with van der Waals surface area (Å²) in [5, 5.41) is 27.1. The zero-order valence-electron chi connectivity index (χ0n) is 14.6. The van der Waals surface area contributed by atoms with Crippen molar-refractivity contribution in [3.05, 3.63) is 0 Å². The van der Waals surface area contributed by atoms with Crippen LogP contribution in [0.5, 0.6) is 5.88 Å². The average molecular weight is 378 g/mol. The highest BCUT2D eigenvalue weighted by Gasteiger charge is 2.21. The summed E-state index contributed by atoms with van der Waals surface area (Å²) in [6.45, 7) is 9.81. The number of hydrogen-bond acceptors (Lipinski definition) is 9. The van der Waals surface area contributed by atoms with Crippen LogP contribution in [0.4, 0.5) is 10.6 Å². The van der Waals surface area contributed by atoms with Crippen LogP contribution in [0.2, 0.25) is 0 Å². The van der Waals surface area contributed by atoms with Crippen LogP contribution < -0.4 is 15.0 Å². The standard InChI is InChI=1S/C13H24N4O3S.CH2O3/c1-13(2,3)14-8-10(18)9-20-12-11(15-21-16-12)17-4-6-19-7-5-17;2-1(3)4/h10,14,18H,4-9H2,1-3H3;(H2,2,3,4)/t10-;/m0./s1. The van der Waals surface area contributed by atoms with Gasteiger partial charge in [0, 0.05) is 25.2 Å². The Bertz CT molecular complexity index is 512. The van der Waals surface area contributed by atoms with Gasteiger partial charge in [-0.1, -0.05) is 0 Å². The van der Waals surface area contributed by atoms with Gasteiger partial charge in [0.05, 0.1) is 24.9 Å². The van der Waals surface area contributed by atoms with Gasteiger partial charge in [-0.3, -0.25) is 0 Å². The van der Waals surface area contributed by atoms with E-state index in [0.717, 1.165) is 30.6 Å². The van der Waals surface area contributed by atoms with E-state index in [4.69, 9.17) is 24.5 Å². The van der Waals surface area contributed by atoms with Crippen molar-refractivity contribution in [1.29, 1.82) is 0 Å². The van der Waals surface area contributed by atoms with Gasteiger partial charge in [0.2, 0.25) is 5.82 Å². The van der Waals surface area contributed by atoms with Crippen molar-refractivity contribution in [2.75, 3.05) is 44.4 Å². The van der Waals surface area contributed by atoms with E-state index in [0.29, 0.717) is 25.6 Å². The molecule has 1 aliphatic rings. The number of rotatable bonds is 6. The number of carbonyl (C=O) groups is 1. The molecule has 0 aromatic carbocycles. The minimum absolute atomic E-state index is 0.0257. The maximum Gasteiger partial charge on any atom is 0.503 e. The van der Waals surface area contributed by atoms with Crippen molar-refractivity contribution in [2.45, 2.75) is 32.4 Å². The molecule has 1 saturated heterocycles. The first kappa shape index (κ1) is 21.4. The maximum absolute atomic E-state index is 9.95. The van der Waals surface area contributed by atoms with Gasteiger partial charge in [0.1, 0.15) is 12.7 Å². The normalized spacial score (nSPS) is 15.9. The highest BCUT2D eigenvalue weighted by molar-refractivity contribution is 6.99. The predicted octanol–water partition coefficient (Wildman–Crippen LogP) is 0.725. The van der Waals surface area contributed by atoms with Gasteiger partial charge in [-0.2, -0.15) is 4.37 Å². The number of aliphatic hydroxyl groups excluding tert-OH is 1. The monoisotopic (exact) mass is 378 g/mol. The molecule has 0 aliphatic carbocycles. The van der Waals surface area contributed by atoms with E-state index in [2.05, 4.69) is 39.7 Å². The number of aromatic nitrogens is 2. The first-order chi connectivity index (χ1) is 11.7. The van der Waals surface area contributed by atoms with Crippen molar-refractivity contribution < 1.29 is 29.6 Å². The number of hydrogen-bond donors (Lipinski definition) is 4. The van der Waals surface area contributed by atoms with Gasteiger partial charge >= 0.3 is 6.16 Å².